The van der Waals surface area contributed by atoms with E-state index in [-0.39, 0.29) is 29.5 Å². The van der Waals surface area contributed by atoms with Crippen molar-refractivity contribution in [3.05, 3.63) is 40.3 Å². The molecule has 11 nitrogen and oxygen atoms in total. The lowest BCUT2D eigenvalue weighted by Crippen LogP contribution is -2.35. The van der Waals surface area contributed by atoms with Gasteiger partial charge < -0.3 is 30.2 Å². The quantitative estimate of drug-likeness (QED) is 0.250. The number of nitrogens with zero attached hydrogens (tertiary/aromatic N) is 3. The second kappa shape index (κ2) is 12.0. The molecule has 0 aliphatic rings. The van der Waals surface area contributed by atoms with Crippen LogP contribution < -0.4 is 26.2 Å². The summed E-state index contributed by atoms with van der Waals surface area (Å²) in [7, 11) is 1.37. The number of carbonyl (C=O) groups is 1. The van der Waals surface area contributed by atoms with Gasteiger partial charge in [-0.2, -0.15) is 9.97 Å². The maximum Gasteiger partial charge on any atom is 0.328 e. The summed E-state index contributed by atoms with van der Waals surface area (Å²) < 4.78 is 17.5. The van der Waals surface area contributed by atoms with Crippen LogP contribution in [0.2, 0.25) is 0 Å². The van der Waals surface area contributed by atoms with Crippen molar-refractivity contribution in [2.45, 2.75) is 45.7 Å². The number of anilines is 1. The number of imidazole rings is 1. The van der Waals surface area contributed by atoms with Crippen molar-refractivity contribution in [3.8, 4) is 11.8 Å². The van der Waals surface area contributed by atoms with E-state index < -0.39 is 0 Å². The summed E-state index contributed by atoms with van der Waals surface area (Å²) in [6, 6.07) is 7.29. The number of methoxy groups -OCH3 is 1. The Morgan fingerprint density at radius 3 is 2.62 bits per heavy atom. The smallest absolute Gasteiger partial charge is 0.328 e. The number of aromatic nitrogens is 4. The lowest BCUT2D eigenvalue weighted by atomic mass is 10.2. The first-order valence-electron chi connectivity index (χ1n) is 11.3. The summed E-state index contributed by atoms with van der Waals surface area (Å²) >= 11 is 0. The highest BCUT2D eigenvalue weighted by atomic mass is 16.5. The number of benzene rings is 1. The summed E-state index contributed by atoms with van der Waals surface area (Å²) in [6.07, 6.45) is 2.59. The van der Waals surface area contributed by atoms with Crippen LogP contribution in [0.1, 0.15) is 38.7 Å². The van der Waals surface area contributed by atoms with Crippen molar-refractivity contribution in [3.63, 3.8) is 0 Å². The van der Waals surface area contributed by atoms with Crippen LogP contribution in [-0.4, -0.2) is 58.4 Å². The molecule has 34 heavy (non-hydrogen) atoms. The average Bonchev–Trinajstić information content (AvgIpc) is 3.15. The van der Waals surface area contributed by atoms with E-state index in [9.17, 15) is 9.59 Å². The SMILES string of the molecule is CCCCOc1nc(N)c2[nH]c(=O)n(Cc3ccc(OCCCNC(C)C(=O)OC)cc3)c2n1. The molecule has 184 valence electrons. The Morgan fingerprint density at radius 2 is 1.91 bits per heavy atom. The summed E-state index contributed by atoms with van der Waals surface area (Å²) in [6.45, 7) is 5.74. The van der Waals surface area contributed by atoms with Crippen molar-refractivity contribution in [1.29, 1.82) is 0 Å². The number of nitrogen functional groups attached to an aromatic ring is 1. The number of H-pyrrole nitrogens is 1. The number of esters is 1. The van der Waals surface area contributed by atoms with Crippen LogP contribution in [0.3, 0.4) is 0 Å². The number of ether oxygens (including phenoxy) is 3. The lowest BCUT2D eigenvalue weighted by molar-refractivity contribution is -0.142. The number of unbranched alkanes of at least 4 members (excludes halogenated alkanes) is 1. The number of rotatable bonds is 13. The highest BCUT2D eigenvalue weighted by molar-refractivity contribution is 5.82. The number of carbonyl (C=O) groups excluding carboxylic acids is 1. The molecular weight excluding hydrogens is 440 g/mol. The molecule has 3 rings (SSSR count). The van der Waals surface area contributed by atoms with Gasteiger partial charge in [-0.3, -0.25) is 9.36 Å². The van der Waals surface area contributed by atoms with Crippen molar-refractivity contribution in [2.24, 2.45) is 0 Å². The van der Waals surface area contributed by atoms with E-state index in [2.05, 4.69) is 31.9 Å². The van der Waals surface area contributed by atoms with Crippen LogP contribution in [0.5, 0.6) is 11.8 Å². The van der Waals surface area contributed by atoms with Crippen LogP contribution in [-0.2, 0) is 16.1 Å². The number of hydrogen-bond donors (Lipinski definition) is 3. The third-order valence-corrected chi connectivity index (χ3v) is 5.22. The third-order valence-electron chi connectivity index (χ3n) is 5.22. The predicted molar refractivity (Wildman–Crippen MR) is 128 cm³/mol. The molecule has 4 N–H and O–H groups in total. The van der Waals surface area contributed by atoms with E-state index in [1.165, 1.54) is 11.7 Å². The van der Waals surface area contributed by atoms with E-state index in [1.807, 2.05) is 24.3 Å². The highest BCUT2D eigenvalue weighted by Gasteiger charge is 2.15. The summed E-state index contributed by atoms with van der Waals surface area (Å²) in [5.41, 5.74) is 7.37. The number of fused-ring (bicyclic) bond motifs is 1. The number of nitrogens with two attached hydrogens (primary N) is 1. The van der Waals surface area contributed by atoms with Crippen molar-refractivity contribution >= 4 is 23.0 Å². The van der Waals surface area contributed by atoms with Crippen LogP contribution in [0.4, 0.5) is 5.82 Å². The zero-order chi connectivity index (χ0) is 24.5. The number of nitrogens with one attached hydrogen (secondary N) is 2. The zero-order valence-electron chi connectivity index (χ0n) is 19.8. The molecule has 0 fully saturated rings. The van der Waals surface area contributed by atoms with E-state index in [0.29, 0.717) is 43.2 Å². The Hall–Kier alpha value is -3.60. The Morgan fingerprint density at radius 1 is 1.18 bits per heavy atom. The van der Waals surface area contributed by atoms with Gasteiger partial charge in [-0.25, -0.2) is 4.79 Å². The highest BCUT2D eigenvalue weighted by Crippen LogP contribution is 2.19. The predicted octanol–water partition coefficient (Wildman–Crippen LogP) is 1.85. The molecule has 3 aromatic rings. The summed E-state index contributed by atoms with van der Waals surface area (Å²) in [5.74, 6) is 0.598. The maximum absolute atomic E-state index is 12.5. The first kappa shape index (κ1) is 25.0. The monoisotopic (exact) mass is 472 g/mol. The van der Waals surface area contributed by atoms with Gasteiger partial charge in [0.05, 0.1) is 26.9 Å². The molecule has 1 aromatic carbocycles. The third kappa shape index (κ3) is 6.47. The lowest BCUT2D eigenvalue weighted by Gasteiger charge is -2.12. The molecule has 0 radical (unpaired) electrons. The molecule has 0 spiro atoms. The van der Waals surface area contributed by atoms with E-state index >= 15 is 0 Å². The van der Waals surface area contributed by atoms with Gasteiger partial charge in [-0.15, -0.1) is 0 Å². The normalized spacial score (nSPS) is 12.0. The van der Waals surface area contributed by atoms with Gasteiger partial charge >= 0.3 is 17.7 Å². The largest absolute Gasteiger partial charge is 0.494 e. The minimum absolute atomic E-state index is 0.158. The van der Waals surface area contributed by atoms with Gasteiger partial charge in [-0.05, 0) is 44.0 Å². The maximum atomic E-state index is 12.5. The van der Waals surface area contributed by atoms with Crippen molar-refractivity contribution in [2.75, 3.05) is 32.6 Å². The molecule has 11 heteroatoms. The van der Waals surface area contributed by atoms with Crippen molar-refractivity contribution < 1.29 is 19.0 Å². The zero-order valence-corrected chi connectivity index (χ0v) is 19.8. The Labute approximate surface area is 197 Å². The topological polar surface area (TPSA) is 146 Å². The fraction of sp³-hybridized carbons (Fsp3) is 0.478. The Kier molecular flexibility index (Phi) is 8.86. The molecule has 1 unspecified atom stereocenters. The van der Waals surface area contributed by atoms with Crippen LogP contribution >= 0.6 is 0 Å². The van der Waals surface area contributed by atoms with Gasteiger partial charge in [-0.1, -0.05) is 25.5 Å². The molecule has 2 heterocycles. The molecule has 0 aliphatic carbocycles. The first-order valence-corrected chi connectivity index (χ1v) is 11.3. The van der Waals surface area contributed by atoms with Gasteiger partial charge in [0, 0.05) is 0 Å². The second-order valence-corrected chi connectivity index (χ2v) is 7.85. The molecule has 2 aromatic heterocycles. The number of hydrogen-bond acceptors (Lipinski definition) is 9. The van der Waals surface area contributed by atoms with Gasteiger partial charge in [0.25, 0.3) is 0 Å². The fourth-order valence-electron chi connectivity index (χ4n) is 3.26. The standard InChI is InChI=1S/C23H32N6O5/c1-4-5-12-34-22-27-19(24)18-20(28-22)29(23(31)26-18)14-16-7-9-17(10-8-16)33-13-6-11-25-15(2)21(30)32-3/h7-10,15,25H,4-6,11-14H2,1-3H3,(H,26,31)(H2,24,27,28). The fourth-order valence-corrected chi connectivity index (χ4v) is 3.26. The van der Waals surface area contributed by atoms with Gasteiger partial charge in [0.15, 0.2) is 11.5 Å². The molecule has 0 aliphatic heterocycles. The molecular formula is C23H32N6O5. The van der Waals surface area contributed by atoms with Gasteiger partial charge in [0.1, 0.15) is 17.3 Å². The summed E-state index contributed by atoms with van der Waals surface area (Å²) in [5, 5.41) is 3.08. The Bertz CT molecular complexity index is 1140. The molecule has 0 saturated carbocycles. The van der Waals surface area contributed by atoms with E-state index in [1.54, 1.807) is 6.92 Å². The molecule has 0 bridgehead atoms. The summed E-state index contributed by atoms with van der Waals surface area (Å²) in [4.78, 5) is 35.1. The van der Waals surface area contributed by atoms with Crippen molar-refractivity contribution in [1.82, 2.24) is 24.8 Å². The van der Waals surface area contributed by atoms with Crippen LogP contribution in [0, 0.1) is 0 Å². The second-order valence-electron chi connectivity index (χ2n) is 7.85. The minimum atomic E-state index is -0.350. The molecule has 0 amide bonds. The average molecular weight is 473 g/mol. The number of aromatic amines is 1. The van der Waals surface area contributed by atoms with E-state index in [0.717, 1.165) is 24.8 Å². The molecule has 0 saturated heterocycles. The molecule has 1 atom stereocenters. The van der Waals surface area contributed by atoms with Crippen LogP contribution in [0.15, 0.2) is 29.1 Å². The van der Waals surface area contributed by atoms with Gasteiger partial charge in [0.2, 0.25) is 0 Å². The Balaban J connectivity index is 1.59. The minimum Gasteiger partial charge on any atom is -0.494 e. The van der Waals surface area contributed by atoms with Crippen LogP contribution in [0.25, 0.3) is 11.2 Å². The first-order chi connectivity index (χ1) is 16.4. The van der Waals surface area contributed by atoms with E-state index in [4.69, 9.17) is 15.2 Å².